The number of hydrogen-bond donors (Lipinski definition) is 1. The Balaban J connectivity index is 2.11. The molecule has 0 aliphatic heterocycles. The number of benzene rings is 1. The van der Waals surface area contributed by atoms with Crippen LogP contribution in [0.3, 0.4) is 0 Å². The van der Waals surface area contributed by atoms with E-state index >= 15 is 0 Å². The third-order valence-electron chi connectivity index (χ3n) is 2.10. The standard InChI is InChI=1S/C12H9ClFNO2/c13-7-10-4-5-11(17-10)12(16)15-9-3-1-2-8(14)6-9/h1-6H,7H2,(H,15,16). The second kappa shape index (κ2) is 5.01. The summed E-state index contributed by atoms with van der Waals surface area (Å²) in [6.07, 6.45) is 0. The van der Waals surface area contributed by atoms with Crippen LogP contribution in [0.2, 0.25) is 0 Å². The fourth-order valence-electron chi connectivity index (χ4n) is 1.33. The molecule has 2 aromatic rings. The van der Waals surface area contributed by atoms with E-state index in [2.05, 4.69) is 5.32 Å². The number of furan rings is 1. The van der Waals surface area contributed by atoms with Gasteiger partial charge in [0.2, 0.25) is 0 Å². The van der Waals surface area contributed by atoms with Crippen molar-refractivity contribution in [2.24, 2.45) is 0 Å². The maximum atomic E-state index is 12.9. The lowest BCUT2D eigenvalue weighted by molar-refractivity contribution is 0.0995. The zero-order valence-electron chi connectivity index (χ0n) is 8.74. The third-order valence-corrected chi connectivity index (χ3v) is 2.36. The Morgan fingerprint density at radius 3 is 2.82 bits per heavy atom. The van der Waals surface area contributed by atoms with Crippen molar-refractivity contribution < 1.29 is 13.6 Å². The molecular weight excluding hydrogens is 245 g/mol. The normalized spacial score (nSPS) is 10.2. The highest BCUT2D eigenvalue weighted by Crippen LogP contribution is 2.14. The molecule has 1 amide bonds. The first-order chi connectivity index (χ1) is 8.19. The zero-order valence-corrected chi connectivity index (χ0v) is 9.50. The van der Waals surface area contributed by atoms with Gasteiger partial charge in [-0.15, -0.1) is 11.6 Å². The number of rotatable bonds is 3. The Bertz CT molecular complexity index is 539. The largest absolute Gasteiger partial charge is 0.455 e. The fourth-order valence-corrected chi connectivity index (χ4v) is 1.47. The molecule has 1 heterocycles. The lowest BCUT2D eigenvalue weighted by atomic mass is 10.3. The fraction of sp³-hybridized carbons (Fsp3) is 0.0833. The van der Waals surface area contributed by atoms with E-state index in [9.17, 15) is 9.18 Å². The summed E-state index contributed by atoms with van der Waals surface area (Å²) in [6.45, 7) is 0. The van der Waals surface area contributed by atoms with Crippen LogP contribution in [0.15, 0.2) is 40.8 Å². The predicted molar refractivity (Wildman–Crippen MR) is 62.6 cm³/mol. The number of alkyl halides is 1. The van der Waals surface area contributed by atoms with Crippen LogP contribution < -0.4 is 5.32 Å². The van der Waals surface area contributed by atoms with Crippen molar-refractivity contribution in [1.29, 1.82) is 0 Å². The molecule has 1 aromatic heterocycles. The summed E-state index contributed by atoms with van der Waals surface area (Å²) in [5.74, 6) is 0.00407. The van der Waals surface area contributed by atoms with Gasteiger partial charge in [-0.1, -0.05) is 6.07 Å². The maximum Gasteiger partial charge on any atom is 0.291 e. The smallest absolute Gasteiger partial charge is 0.291 e. The van der Waals surface area contributed by atoms with Gasteiger partial charge in [-0.05, 0) is 30.3 Å². The highest BCUT2D eigenvalue weighted by atomic mass is 35.5. The van der Waals surface area contributed by atoms with Crippen molar-refractivity contribution in [3.8, 4) is 0 Å². The average Bonchev–Trinajstić information content (AvgIpc) is 2.77. The molecule has 0 aliphatic carbocycles. The number of carbonyl (C=O) groups is 1. The van der Waals surface area contributed by atoms with E-state index in [1.807, 2.05) is 0 Å². The molecule has 0 fully saturated rings. The Labute approximate surface area is 102 Å². The van der Waals surface area contributed by atoms with Crippen molar-refractivity contribution in [3.63, 3.8) is 0 Å². The molecule has 0 radical (unpaired) electrons. The molecule has 0 unspecified atom stereocenters. The summed E-state index contributed by atoms with van der Waals surface area (Å²) in [7, 11) is 0. The van der Waals surface area contributed by atoms with Crippen LogP contribution >= 0.6 is 11.6 Å². The SMILES string of the molecule is O=C(Nc1cccc(F)c1)c1ccc(CCl)o1. The summed E-state index contributed by atoms with van der Waals surface area (Å²) in [5, 5.41) is 2.52. The number of amides is 1. The molecule has 0 saturated carbocycles. The first-order valence-corrected chi connectivity index (χ1v) is 5.44. The number of halogens is 2. The molecule has 0 bridgehead atoms. The molecule has 17 heavy (non-hydrogen) atoms. The van der Waals surface area contributed by atoms with Crippen LogP contribution in [0.1, 0.15) is 16.3 Å². The van der Waals surface area contributed by atoms with E-state index in [1.165, 1.54) is 24.3 Å². The molecule has 0 spiro atoms. The third kappa shape index (κ3) is 2.85. The first-order valence-electron chi connectivity index (χ1n) is 4.90. The maximum absolute atomic E-state index is 12.9. The molecular formula is C12H9ClFNO2. The van der Waals surface area contributed by atoms with E-state index in [4.69, 9.17) is 16.0 Å². The van der Waals surface area contributed by atoms with Crippen molar-refractivity contribution in [3.05, 3.63) is 53.7 Å². The molecule has 0 aliphatic rings. The van der Waals surface area contributed by atoms with Gasteiger partial charge in [-0.2, -0.15) is 0 Å². The Hall–Kier alpha value is -1.81. The van der Waals surface area contributed by atoms with Gasteiger partial charge in [0.15, 0.2) is 5.76 Å². The van der Waals surface area contributed by atoms with Crippen LogP contribution in [0.5, 0.6) is 0 Å². The van der Waals surface area contributed by atoms with Crippen molar-refractivity contribution in [2.75, 3.05) is 5.32 Å². The van der Waals surface area contributed by atoms with E-state index < -0.39 is 11.7 Å². The Morgan fingerprint density at radius 1 is 1.35 bits per heavy atom. The van der Waals surface area contributed by atoms with Crippen LogP contribution in [0.25, 0.3) is 0 Å². The lowest BCUT2D eigenvalue weighted by Gasteiger charge is -2.02. The second-order valence-electron chi connectivity index (χ2n) is 3.36. The zero-order chi connectivity index (χ0) is 12.3. The van der Waals surface area contributed by atoms with Gasteiger partial charge in [0.05, 0.1) is 5.88 Å². The summed E-state index contributed by atoms with van der Waals surface area (Å²) in [6, 6.07) is 8.76. The van der Waals surface area contributed by atoms with Gasteiger partial charge in [0.25, 0.3) is 5.91 Å². The molecule has 3 nitrogen and oxygen atoms in total. The molecule has 2 rings (SSSR count). The topological polar surface area (TPSA) is 42.2 Å². The quantitative estimate of drug-likeness (QED) is 0.852. The van der Waals surface area contributed by atoms with Gasteiger partial charge in [-0.25, -0.2) is 4.39 Å². The number of nitrogens with one attached hydrogen (secondary N) is 1. The highest BCUT2D eigenvalue weighted by Gasteiger charge is 2.11. The molecule has 88 valence electrons. The van der Waals surface area contributed by atoms with Crippen LogP contribution in [0.4, 0.5) is 10.1 Å². The van der Waals surface area contributed by atoms with E-state index in [1.54, 1.807) is 12.1 Å². The highest BCUT2D eigenvalue weighted by molar-refractivity contribution is 6.16. The predicted octanol–water partition coefficient (Wildman–Crippen LogP) is 3.41. The van der Waals surface area contributed by atoms with E-state index in [-0.39, 0.29) is 11.6 Å². The molecule has 1 N–H and O–H groups in total. The minimum atomic E-state index is -0.438. The number of anilines is 1. The number of hydrogen-bond acceptors (Lipinski definition) is 2. The summed E-state index contributed by atoms with van der Waals surface area (Å²) >= 11 is 5.55. The Morgan fingerprint density at radius 2 is 2.18 bits per heavy atom. The average molecular weight is 254 g/mol. The monoisotopic (exact) mass is 253 g/mol. The molecule has 1 aromatic carbocycles. The van der Waals surface area contributed by atoms with Gasteiger partial charge in [0, 0.05) is 5.69 Å². The lowest BCUT2D eigenvalue weighted by Crippen LogP contribution is -2.10. The van der Waals surface area contributed by atoms with E-state index in [0.29, 0.717) is 11.4 Å². The Kier molecular flexibility index (Phi) is 3.44. The van der Waals surface area contributed by atoms with E-state index in [0.717, 1.165) is 0 Å². The number of carbonyl (C=O) groups excluding carboxylic acids is 1. The summed E-state index contributed by atoms with van der Waals surface area (Å²) in [4.78, 5) is 11.7. The molecule has 5 heteroatoms. The molecule has 0 atom stereocenters. The van der Waals surface area contributed by atoms with Crippen molar-refractivity contribution >= 4 is 23.2 Å². The summed E-state index contributed by atoms with van der Waals surface area (Å²) < 4.78 is 18.0. The van der Waals surface area contributed by atoms with Crippen LogP contribution in [-0.4, -0.2) is 5.91 Å². The van der Waals surface area contributed by atoms with Gasteiger partial charge >= 0.3 is 0 Å². The second-order valence-corrected chi connectivity index (χ2v) is 3.63. The van der Waals surface area contributed by atoms with Crippen LogP contribution in [-0.2, 0) is 5.88 Å². The van der Waals surface area contributed by atoms with Crippen LogP contribution in [0, 0.1) is 5.82 Å². The first kappa shape index (κ1) is 11.7. The van der Waals surface area contributed by atoms with Gasteiger partial charge < -0.3 is 9.73 Å². The summed E-state index contributed by atoms with van der Waals surface area (Å²) in [5.41, 5.74) is 0.374. The minimum Gasteiger partial charge on any atom is -0.455 e. The van der Waals surface area contributed by atoms with Crippen molar-refractivity contribution in [2.45, 2.75) is 5.88 Å². The molecule has 0 saturated heterocycles. The minimum absolute atomic E-state index is 0.143. The van der Waals surface area contributed by atoms with Gasteiger partial charge in [0.1, 0.15) is 11.6 Å². The van der Waals surface area contributed by atoms with Gasteiger partial charge in [-0.3, -0.25) is 4.79 Å². The van der Waals surface area contributed by atoms with Crippen molar-refractivity contribution in [1.82, 2.24) is 0 Å².